The lowest BCUT2D eigenvalue weighted by Gasteiger charge is -2.42. The molecule has 0 spiro atoms. The molecular weight excluding hydrogens is 250 g/mol. The van der Waals surface area contributed by atoms with E-state index in [9.17, 15) is 0 Å². The minimum atomic E-state index is -0.0805. The van der Waals surface area contributed by atoms with Crippen molar-refractivity contribution in [1.82, 2.24) is 5.32 Å². The standard InChI is InChI=1S/C17H33NO2/c1-7-17(8-2)11-13(9-10-19-17)18-14-12-15(3,4)20-16(14,5)6/h13-14,18H,7-12H2,1-6H3. The van der Waals surface area contributed by atoms with E-state index >= 15 is 0 Å². The summed E-state index contributed by atoms with van der Waals surface area (Å²) in [5.41, 5.74) is -0.00311. The lowest BCUT2D eigenvalue weighted by Crippen LogP contribution is -2.53. The summed E-state index contributed by atoms with van der Waals surface area (Å²) in [7, 11) is 0. The van der Waals surface area contributed by atoms with Crippen molar-refractivity contribution in [3.8, 4) is 0 Å². The van der Waals surface area contributed by atoms with E-state index in [1.165, 1.54) is 0 Å². The van der Waals surface area contributed by atoms with Gasteiger partial charge in [0.25, 0.3) is 0 Å². The van der Waals surface area contributed by atoms with Crippen LogP contribution in [0.1, 0.15) is 73.6 Å². The van der Waals surface area contributed by atoms with E-state index in [4.69, 9.17) is 9.47 Å². The van der Waals surface area contributed by atoms with Crippen molar-refractivity contribution >= 4 is 0 Å². The van der Waals surface area contributed by atoms with Crippen LogP contribution >= 0.6 is 0 Å². The lowest BCUT2D eigenvalue weighted by molar-refractivity contribution is -0.0990. The first-order chi connectivity index (χ1) is 9.22. The van der Waals surface area contributed by atoms with E-state index in [1.807, 2.05) is 0 Å². The fourth-order valence-corrected chi connectivity index (χ4v) is 4.02. The highest BCUT2D eigenvalue weighted by Gasteiger charge is 2.47. The number of nitrogens with one attached hydrogen (secondary N) is 1. The minimum absolute atomic E-state index is 0.0149. The molecule has 3 heteroatoms. The number of hydrogen-bond donors (Lipinski definition) is 1. The zero-order valence-electron chi connectivity index (χ0n) is 14.2. The second-order valence-corrected chi connectivity index (χ2v) is 7.82. The van der Waals surface area contributed by atoms with Crippen LogP contribution in [0, 0.1) is 0 Å². The van der Waals surface area contributed by atoms with Crippen LogP contribution in [0.25, 0.3) is 0 Å². The van der Waals surface area contributed by atoms with Gasteiger partial charge >= 0.3 is 0 Å². The molecule has 2 unspecified atom stereocenters. The smallest absolute Gasteiger partial charge is 0.0787 e. The molecule has 2 saturated heterocycles. The maximum absolute atomic E-state index is 6.20. The van der Waals surface area contributed by atoms with Crippen LogP contribution in [-0.4, -0.2) is 35.5 Å². The Hall–Kier alpha value is -0.120. The van der Waals surface area contributed by atoms with Crippen molar-refractivity contribution in [2.24, 2.45) is 0 Å². The maximum atomic E-state index is 6.20. The summed E-state index contributed by atoms with van der Waals surface area (Å²) in [5, 5.41) is 3.88. The second-order valence-electron chi connectivity index (χ2n) is 7.82. The van der Waals surface area contributed by atoms with Gasteiger partial charge in [-0.1, -0.05) is 13.8 Å². The number of ether oxygens (including phenoxy) is 2. The Kier molecular flexibility index (Phi) is 4.54. The average molecular weight is 283 g/mol. The molecule has 0 saturated carbocycles. The molecule has 0 amide bonds. The third kappa shape index (κ3) is 3.37. The fourth-order valence-electron chi connectivity index (χ4n) is 4.02. The van der Waals surface area contributed by atoms with Crippen molar-refractivity contribution in [3.05, 3.63) is 0 Å². The molecule has 0 aliphatic carbocycles. The van der Waals surface area contributed by atoms with Gasteiger partial charge in [0, 0.05) is 18.7 Å². The third-order valence-corrected chi connectivity index (χ3v) is 5.29. The molecule has 1 N–H and O–H groups in total. The summed E-state index contributed by atoms with van der Waals surface area (Å²) in [6, 6.07) is 0.998. The topological polar surface area (TPSA) is 30.5 Å². The van der Waals surface area contributed by atoms with Crippen LogP contribution in [-0.2, 0) is 9.47 Å². The first kappa shape index (κ1) is 16.3. The summed E-state index contributed by atoms with van der Waals surface area (Å²) in [5.74, 6) is 0. The predicted molar refractivity (Wildman–Crippen MR) is 83.1 cm³/mol. The molecule has 2 aliphatic rings. The highest BCUT2D eigenvalue weighted by atomic mass is 16.5. The average Bonchev–Trinajstić information content (AvgIpc) is 2.57. The van der Waals surface area contributed by atoms with E-state index in [0.29, 0.717) is 12.1 Å². The summed E-state index contributed by atoms with van der Waals surface area (Å²) < 4.78 is 12.3. The predicted octanol–water partition coefficient (Wildman–Crippen LogP) is 3.66. The second kappa shape index (κ2) is 5.58. The molecule has 0 aromatic heterocycles. The van der Waals surface area contributed by atoms with Gasteiger partial charge in [-0.3, -0.25) is 0 Å². The Morgan fingerprint density at radius 3 is 2.20 bits per heavy atom. The van der Waals surface area contributed by atoms with Gasteiger partial charge in [0.15, 0.2) is 0 Å². The highest BCUT2D eigenvalue weighted by Crippen LogP contribution is 2.39. The van der Waals surface area contributed by atoms with Gasteiger partial charge in [0.2, 0.25) is 0 Å². The van der Waals surface area contributed by atoms with E-state index in [0.717, 1.165) is 38.7 Å². The van der Waals surface area contributed by atoms with E-state index < -0.39 is 0 Å². The van der Waals surface area contributed by atoms with Gasteiger partial charge in [-0.05, 0) is 59.8 Å². The van der Waals surface area contributed by atoms with E-state index in [1.54, 1.807) is 0 Å². The van der Waals surface area contributed by atoms with Crippen molar-refractivity contribution in [1.29, 1.82) is 0 Å². The molecule has 118 valence electrons. The summed E-state index contributed by atoms with van der Waals surface area (Å²) in [4.78, 5) is 0. The lowest BCUT2D eigenvalue weighted by atomic mass is 9.84. The van der Waals surface area contributed by atoms with Crippen LogP contribution < -0.4 is 5.32 Å². The Morgan fingerprint density at radius 1 is 1.05 bits per heavy atom. The quantitative estimate of drug-likeness (QED) is 0.854. The van der Waals surface area contributed by atoms with Crippen LogP contribution in [0.5, 0.6) is 0 Å². The Balaban J connectivity index is 2.00. The third-order valence-electron chi connectivity index (χ3n) is 5.29. The van der Waals surface area contributed by atoms with Crippen molar-refractivity contribution in [3.63, 3.8) is 0 Å². The molecule has 20 heavy (non-hydrogen) atoms. The molecule has 0 aromatic carbocycles. The summed E-state index contributed by atoms with van der Waals surface area (Å²) >= 11 is 0. The summed E-state index contributed by atoms with van der Waals surface area (Å²) in [6.45, 7) is 14.2. The zero-order chi connectivity index (χ0) is 15.0. The molecular formula is C17H33NO2. The minimum Gasteiger partial charge on any atom is -0.375 e. The normalized spacial score (nSPS) is 35.1. The molecule has 0 aromatic rings. The van der Waals surface area contributed by atoms with Gasteiger partial charge in [0.1, 0.15) is 0 Å². The molecule has 2 atom stereocenters. The number of hydrogen-bond acceptors (Lipinski definition) is 3. The highest BCUT2D eigenvalue weighted by molar-refractivity contribution is 5.01. The zero-order valence-corrected chi connectivity index (χ0v) is 14.2. The molecule has 2 fully saturated rings. The van der Waals surface area contributed by atoms with Gasteiger partial charge in [0.05, 0.1) is 16.8 Å². The van der Waals surface area contributed by atoms with Gasteiger partial charge in [-0.25, -0.2) is 0 Å². The SMILES string of the molecule is CCC1(CC)CC(NC2CC(C)(C)OC2(C)C)CCO1. The fraction of sp³-hybridized carbons (Fsp3) is 1.00. The van der Waals surface area contributed by atoms with Gasteiger partial charge in [-0.15, -0.1) is 0 Å². The van der Waals surface area contributed by atoms with Crippen LogP contribution in [0.3, 0.4) is 0 Å². The monoisotopic (exact) mass is 283 g/mol. The Labute approximate surface area is 124 Å². The van der Waals surface area contributed by atoms with Crippen molar-refractivity contribution < 1.29 is 9.47 Å². The van der Waals surface area contributed by atoms with Crippen LogP contribution in [0.2, 0.25) is 0 Å². The van der Waals surface area contributed by atoms with Gasteiger partial charge in [-0.2, -0.15) is 0 Å². The number of rotatable bonds is 4. The van der Waals surface area contributed by atoms with Crippen molar-refractivity contribution in [2.45, 2.75) is 103 Å². The Morgan fingerprint density at radius 2 is 1.70 bits per heavy atom. The summed E-state index contributed by atoms with van der Waals surface area (Å²) in [6.07, 6.45) is 5.56. The van der Waals surface area contributed by atoms with Crippen molar-refractivity contribution in [2.75, 3.05) is 6.61 Å². The molecule has 2 rings (SSSR count). The maximum Gasteiger partial charge on any atom is 0.0787 e. The van der Waals surface area contributed by atoms with Gasteiger partial charge < -0.3 is 14.8 Å². The first-order valence-corrected chi connectivity index (χ1v) is 8.32. The molecule has 2 heterocycles. The van der Waals surface area contributed by atoms with E-state index in [2.05, 4.69) is 46.9 Å². The van der Waals surface area contributed by atoms with Crippen LogP contribution in [0.15, 0.2) is 0 Å². The van der Waals surface area contributed by atoms with Crippen LogP contribution in [0.4, 0.5) is 0 Å². The molecule has 0 radical (unpaired) electrons. The Bertz CT molecular complexity index is 334. The first-order valence-electron chi connectivity index (χ1n) is 8.32. The molecule has 2 aliphatic heterocycles. The largest absolute Gasteiger partial charge is 0.375 e. The van der Waals surface area contributed by atoms with E-state index in [-0.39, 0.29) is 16.8 Å². The molecule has 0 bridgehead atoms. The molecule has 3 nitrogen and oxygen atoms in total.